The summed E-state index contributed by atoms with van der Waals surface area (Å²) in [5.41, 5.74) is 4.33. The van der Waals surface area contributed by atoms with Crippen LogP contribution in [-0.4, -0.2) is 66.5 Å². The number of nitrogens with one attached hydrogen (secondary N) is 1. The second kappa shape index (κ2) is 14.5. The lowest BCUT2D eigenvalue weighted by molar-refractivity contribution is -0.384. The predicted molar refractivity (Wildman–Crippen MR) is 166 cm³/mol. The van der Waals surface area contributed by atoms with E-state index in [1.165, 1.54) is 6.08 Å². The summed E-state index contributed by atoms with van der Waals surface area (Å²) in [5.74, 6) is 0.0412. The van der Waals surface area contributed by atoms with Gasteiger partial charge in [0.2, 0.25) is 0 Å². The number of nitrogens with zero attached hydrogens (tertiary/aromatic N) is 3. The number of rotatable bonds is 10. The third-order valence-corrected chi connectivity index (χ3v) is 8.12. The van der Waals surface area contributed by atoms with Gasteiger partial charge in [-0.25, -0.2) is 4.79 Å². The number of aliphatic hydroxyl groups excluding tert-OH is 1. The Hall–Kier alpha value is -4.29. The van der Waals surface area contributed by atoms with Crippen molar-refractivity contribution >= 4 is 23.2 Å². The number of carbonyl (C=O) groups is 1. The summed E-state index contributed by atoms with van der Waals surface area (Å²) >= 11 is 0. The molecule has 2 fully saturated rings. The van der Waals surface area contributed by atoms with E-state index in [2.05, 4.69) is 28.6 Å². The largest absolute Gasteiger partial charge is 0.445 e. The van der Waals surface area contributed by atoms with E-state index >= 15 is 0 Å². The number of piperazine rings is 1. The van der Waals surface area contributed by atoms with E-state index in [-0.39, 0.29) is 42.0 Å². The van der Waals surface area contributed by atoms with Crippen molar-refractivity contribution < 1.29 is 29.0 Å². The number of anilines is 2. The number of benzene rings is 3. The fourth-order valence-electron chi connectivity index (χ4n) is 5.57. The van der Waals surface area contributed by atoms with Crippen molar-refractivity contribution in [2.75, 3.05) is 49.5 Å². The zero-order valence-electron chi connectivity index (χ0n) is 24.7. The molecule has 2 N–H and O–H groups in total. The number of hydrogen-bond acceptors (Lipinski definition) is 9. The van der Waals surface area contributed by atoms with Crippen LogP contribution < -0.4 is 10.2 Å². The minimum Gasteiger partial charge on any atom is -0.445 e. The SMILES string of the molecule is C=CCOC(=O)Nc1ccc(C2OC(CN3CCN(c4ccc([N+](=O)[O-])cc4)CC3)C(C)C(c3ccc(CO)cc3)O2)cc1. The van der Waals surface area contributed by atoms with Crippen LogP contribution in [0, 0.1) is 16.0 Å². The Morgan fingerprint density at radius 2 is 1.68 bits per heavy atom. The minimum absolute atomic E-state index is 0.0247. The number of aliphatic hydroxyl groups is 1. The van der Waals surface area contributed by atoms with Crippen LogP contribution >= 0.6 is 0 Å². The lowest BCUT2D eigenvalue weighted by Gasteiger charge is -2.44. The molecule has 0 saturated carbocycles. The first-order chi connectivity index (χ1) is 21.3. The molecule has 11 nitrogen and oxygen atoms in total. The Morgan fingerprint density at radius 1 is 1.02 bits per heavy atom. The van der Waals surface area contributed by atoms with E-state index in [0.717, 1.165) is 55.1 Å². The van der Waals surface area contributed by atoms with Crippen LogP contribution in [-0.2, 0) is 20.8 Å². The highest BCUT2D eigenvalue weighted by molar-refractivity contribution is 5.84. The van der Waals surface area contributed by atoms with E-state index in [1.807, 2.05) is 36.4 Å². The van der Waals surface area contributed by atoms with E-state index in [1.54, 1.807) is 36.4 Å². The number of nitro benzene ring substituents is 1. The molecule has 0 radical (unpaired) electrons. The zero-order valence-corrected chi connectivity index (χ0v) is 24.7. The van der Waals surface area contributed by atoms with Gasteiger partial charge in [0.25, 0.3) is 5.69 Å². The van der Waals surface area contributed by atoms with Gasteiger partial charge in [0, 0.05) is 67.7 Å². The van der Waals surface area contributed by atoms with E-state index in [4.69, 9.17) is 14.2 Å². The topological polar surface area (TPSA) is 127 Å². The summed E-state index contributed by atoms with van der Waals surface area (Å²) < 4.78 is 18.2. The van der Waals surface area contributed by atoms with Gasteiger partial charge >= 0.3 is 6.09 Å². The van der Waals surface area contributed by atoms with Gasteiger partial charge in [-0.1, -0.05) is 56.0 Å². The molecule has 11 heteroatoms. The Balaban J connectivity index is 1.28. The first-order valence-electron chi connectivity index (χ1n) is 14.7. The minimum atomic E-state index is -0.623. The number of hydrogen-bond donors (Lipinski definition) is 2. The summed E-state index contributed by atoms with van der Waals surface area (Å²) in [7, 11) is 0. The molecule has 4 unspecified atom stereocenters. The lowest BCUT2D eigenvalue weighted by Crippen LogP contribution is -2.51. The molecule has 2 aliphatic rings. The number of ether oxygens (including phenoxy) is 3. The van der Waals surface area contributed by atoms with Crippen LogP contribution in [0.15, 0.2) is 85.5 Å². The molecule has 232 valence electrons. The summed E-state index contributed by atoms with van der Waals surface area (Å²) in [6.45, 7) is 9.75. The van der Waals surface area contributed by atoms with Crippen molar-refractivity contribution in [3.05, 3.63) is 112 Å². The number of amides is 1. The number of nitro groups is 1. The second-order valence-corrected chi connectivity index (χ2v) is 11.0. The molecule has 5 rings (SSSR count). The molecular formula is C33H38N4O7. The molecule has 2 heterocycles. The molecule has 0 spiro atoms. The third-order valence-electron chi connectivity index (χ3n) is 8.12. The van der Waals surface area contributed by atoms with Gasteiger partial charge in [-0.3, -0.25) is 20.3 Å². The molecule has 3 aromatic rings. The van der Waals surface area contributed by atoms with Gasteiger partial charge in [0.15, 0.2) is 6.29 Å². The first kappa shape index (κ1) is 31.1. The van der Waals surface area contributed by atoms with Crippen molar-refractivity contribution in [2.45, 2.75) is 32.0 Å². The van der Waals surface area contributed by atoms with Gasteiger partial charge < -0.3 is 24.2 Å². The smallest absolute Gasteiger partial charge is 0.411 e. The van der Waals surface area contributed by atoms with Gasteiger partial charge in [-0.2, -0.15) is 0 Å². The van der Waals surface area contributed by atoms with Crippen LogP contribution in [0.2, 0.25) is 0 Å². The summed E-state index contributed by atoms with van der Waals surface area (Å²) in [4.78, 5) is 27.2. The predicted octanol–water partition coefficient (Wildman–Crippen LogP) is 5.44. The zero-order chi connectivity index (χ0) is 31.1. The maximum absolute atomic E-state index is 11.9. The second-order valence-electron chi connectivity index (χ2n) is 11.0. The first-order valence-corrected chi connectivity index (χ1v) is 14.7. The molecular weight excluding hydrogens is 564 g/mol. The van der Waals surface area contributed by atoms with Crippen molar-refractivity contribution in [1.29, 1.82) is 0 Å². The molecule has 2 saturated heterocycles. The van der Waals surface area contributed by atoms with Gasteiger partial charge in [-0.15, -0.1) is 0 Å². The standard InChI is InChI=1S/C33H38N4O7/c1-3-20-42-33(39)34-27-10-8-26(9-11-27)32-43-30(23(2)31(44-32)25-6-4-24(22-38)5-7-25)21-35-16-18-36(19-17-35)28-12-14-29(15-13-28)37(40)41/h3-15,23,30-32,38H,1,16-22H2,2H3,(H,34,39). The van der Waals surface area contributed by atoms with Crippen LogP contribution in [0.5, 0.6) is 0 Å². The Morgan fingerprint density at radius 3 is 2.30 bits per heavy atom. The van der Waals surface area contributed by atoms with Gasteiger partial charge in [0.05, 0.1) is 23.7 Å². The maximum Gasteiger partial charge on any atom is 0.411 e. The summed E-state index contributed by atoms with van der Waals surface area (Å²) in [6, 6.07) is 21.8. The van der Waals surface area contributed by atoms with Crippen molar-refractivity contribution in [1.82, 2.24) is 4.90 Å². The highest BCUT2D eigenvalue weighted by atomic mass is 16.7. The Labute approximate surface area is 256 Å². The molecule has 0 bridgehead atoms. The molecule has 4 atom stereocenters. The lowest BCUT2D eigenvalue weighted by atomic mass is 9.90. The number of carbonyl (C=O) groups excluding carboxylic acids is 1. The Bertz CT molecular complexity index is 1410. The molecule has 2 aliphatic heterocycles. The fourth-order valence-corrected chi connectivity index (χ4v) is 5.57. The fraction of sp³-hybridized carbons (Fsp3) is 0.364. The van der Waals surface area contributed by atoms with Crippen molar-refractivity contribution in [2.24, 2.45) is 5.92 Å². The molecule has 0 aromatic heterocycles. The quantitative estimate of drug-likeness (QED) is 0.177. The number of non-ortho nitro benzene ring substituents is 1. The van der Waals surface area contributed by atoms with Gasteiger partial charge in [0.1, 0.15) is 6.61 Å². The van der Waals surface area contributed by atoms with Gasteiger partial charge in [-0.05, 0) is 35.4 Å². The molecule has 1 amide bonds. The monoisotopic (exact) mass is 602 g/mol. The van der Waals surface area contributed by atoms with Crippen molar-refractivity contribution in [3.63, 3.8) is 0 Å². The average molecular weight is 603 g/mol. The molecule has 44 heavy (non-hydrogen) atoms. The third kappa shape index (κ3) is 7.61. The highest BCUT2D eigenvalue weighted by Gasteiger charge is 2.39. The average Bonchev–Trinajstić information content (AvgIpc) is 3.05. The van der Waals surface area contributed by atoms with Crippen molar-refractivity contribution in [3.8, 4) is 0 Å². The Kier molecular flexibility index (Phi) is 10.2. The normalized spacial score (nSPS) is 22.3. The van der Waals surface area contributed by atoms with E-state index in [9.17, 15) is 20.0 Å². The van der Waals surface area contributed by atoms with Crippen LogP contribution in [0.25, 0.3) is 0 Å². The molecule has 0 aliphatic carbocycles. The summed E-state index contributed by atoms with van der Waals surface area (Å²) in [5, 5.41) is 23.2. The molecule has 3 aromatic carbocycles. The highest BCUT2D eigenvalue weighted by Crippen LogP contribution is 2.42. The van der Waals surface area contributed by atoms with E-state index in [0.29, 0.717) is 5.69 Å². The van der Waals surface area contributed by atoms with Crippen LogP contribution in [0.3, 0.4) is 0 Å². The maximum atomic E-state index is 11.9. The van der Waals surface area contributed by atoms with E-state index < -0.39 is 12.4 Å². The van der Waals surface area contributed by atoms with Crippen LogP contribution in [0.4, 0.5) is 21.9 Å². The summed E-state index contributed by atoms with van der Waals surface area (Å²) in [6.07, 6.45) is -0.0445. The van der Waals surface area contributed by atoms with Crippen LogP contribution in [0.1, 0.15) is 36.0 Å².